The number of thiophene rings is 1. The van der Waals surface area contributed by atoms with Gasteiger partial charge in [0.1, 0.15) is 5.01 Å². The van der Waals surface area contributed by atoms with Crippen LogP contribution in [0.15, 0.2) is 127 Å². The minimum absolute atomic E-state index is 0.728. The molecule has 40 heavy (non-hydrogen) atoms. The van der Waals surface area contributed by atoms with E-state index in [1.54, 1.807) is 11.3 Å². The van der Waals surface area contributed by atoms with Gasteiger partial charge in [0, 0.05) is 42.4 Å². The molecule has 0 atom stereocenters. The minimum atomic E-state index is 0.728. The van der Waals surface area contributed by atoms with E-state index in [2.05, 4.69) is 97.1 Å². The Balaban J connectivity index is 1.32. The summed E-state index contributed by atoms with van der Waals surface area (Å²) in [4.78, 5) is 15.0. The minimum Gasteiger partial charge on any atom is -0.236 e. The highest BCUT2D eigenvalue weighted by atomic mass is 32.1. The molecule has 0 aliphatic carbocycles. The van der Waals surface area contributed by atoms with Gasteiger partial charge in [-0.15, -0.1) is 22.7 Å². The lowest BCUT2D eigenvalue weighted by molar-refractivity contribution is 1.19. The normalized spacial score (nSPS) is 11.5. The fourth-order valence-electron chi connectivity index (χ4n) is 5.23. The van der Waals surface area contributed by atoms with E-state index in [9.17, 15) is 0 Å². The Kier molecular flexibility index (Phi) is 5.50. The van der Waals surface area contributed by atoms with E-state index in [4.69, 9.17) is 15.0 Å². The molecule has 0 saturated carbocycles. The van der Waals surface area contributed by atoms with E-state index in [1.807, 2.05) is 41.7 Å². The molecule has 0 saturated heterocycles. The van der Waals surface area contributed by atoms with E-state index in [1.165, 1.54) is 24.9 Å². The first-order valence-corrected chi connectivity index (χ1v) is 14.7. The lowest BCUT2D eigenvalue weighted by Gasteiger charge is -2.10. The Hall–Kier alpha value is -4.71. The number of aromatic nitrogens is 3. The van der Waals surface area contributed by atoms with Crippen molar-refractivity contribution >= 4 is 53.1 Å². The van der Waals surface area contributed by atoms with E-state index in [0.717, 1.165) is 50.0 Å². The molecule has 3 nitrogen and oxygen atoms in total. The maximum atomic E-state index is 5.11. The lowest BCUT2D eigenvalue weighted by atomic mass is 10.0. The summed E-state index contributed by atoms with van der Waals surface area (Å²) in [5.74, 6) is 0.728. The molecule has 3 aromatic heterocycles. The van der Waals surface area contributed by atoms with Gasteiger partial charge in [0.25, 0.3) is 0 Å². The Labute approximate surface area is 239 Å². The summed E-state index contributed by atoms with van der Waals surface area (Å²) in [6.45, 7) is 0. The van der Waals surface area contributed by atoms with Crippen LogP contribution in [0, 0.1) is 0 Å². The largest absolute Gasteiger partial charge is 0.236 e. The molecule has 0 spiro atoms. The van der Waals surface area contributed by atoms with Gasteiger partial charge < -0.3 is 0 Å². The van der Waals surface area contributed by atoms with Crippen LogP contribution < -0.4 is 0 Å². The molecule has 0 amide bonds. The zero-order valence-electron chi connectivity index (χ0n) is 21.3. The van der Waals surface area contributed by atoms with Gasteiger partial charge in [0.05, 0.1) is 21.6 Å². The Bertz CT molecular complexity index is 2070. The van der Waals surface area contributed by atoms with E-state index in [-0.39, 0.29) is 0 Å². The van der Waals surface area contributed by atoms with Gasteiger partial charge in [-0.1, -0.05) is 97.1 Å². The zero-order chi connectivity index (χ0) is 26.5. The van der Waals surface area contributed by atoms with Crippen LogP contribution in [-0.2, 0) is 0 Å². The second-order valence-electron chi connectivity index (χ2n) is 9.67. The van der Waals surface area contributed by atoms with Crippen molar-refractivity contribution in [3.05, 3.63) is 127 Å². The predicted molar refractivity (Wildman–Crippen MR) is 170 cm³/mol. The summed E-state index contributed by atoms with van der Waals surface area (Å²) in [6.07, 6.45) is 0. The molecular formula is C35H21N3S2. The molecule has 188 valence electrons. The average molecular weight is 548 g/mol. The zero-order valence-corrected chi connectivity index (χ0v) is 22.9. The Morgan fingerprint density at radius 3 is 2.00 bits per heavy atom. The second-order valence-corrected chi connectivity index (χ2v) is 11.8. The summed E-state index contributed by atoms with van der Waals surface area (Å²) >= 11 is 3.56. The maximum absolute atomic E-state index is 5.11. The molecule has 0 unspecified atom stereocenters. The summed E-state index contributed by atoms with van der Waals surface area (Å²) in [5.41, 5.74) is 7.24. The van der Waals surface area contributed by atoms with Crippen LogP contribution >= 0.6 is 22.7 Å². The number of nitrogens with zero attached hydrogens (tertiary/aromatic N) is 3. The van der Waals surface area contributed by atoms with E-state index in [0.29, 0.717) is 0 Å². The van der Waals surface area contributed by atoms with Gasteiger partial charge in [-0.3, -0.25) is 0 Å². The molecule has 5 heteroatoms. The highest BCUT2D eigenvalue weighted by Gasteiger charge is 2.16. The molecule has 0 radical (unpaired) electrons. The Morgan fingerprint density at radius 2 is 1.18 bits per heavy atom. The third kappa shape index (κ3) is 3.99. The molecule has 5 aromatic carbocycles. The Morgan fingerprint density at radius 1 is 0.450 bits per heavy atom. The second kappa shape index (κ2) is 9.49. The summed E-state index contributed by atoms with van der Waals surface area (Å²) in [6, 6.07) is 44.3. The van der Waals surface area contributed by atoms with Crippen molar-refractivity contribution in [2.45, 2.75) is 0 Å². The van der Waals surface area contributed by atoms with E-state index < -0.39 is 0 Å². The number of rotatable bonds is 4. The van der Waals surface area contributed by atoms with Crippen molar-refractivity contribution in [1.29, 1.82) is 0 Å². The molecule has 0 aliphatic rings. The fourth-order valence-corrected chi connectivity index (χ4v) is 7.36. The number of fused-ring (bicyclic) bond motifs is 4. The van der Waals surface area contributed by atoms with Crippen LogP contribution in [-0.4, -0.2) is 15.0 Å². The monoisotopic (exact) mass is 547 g/mol. The molecule has 8 rings (SSSR count). The van der Waals surface area contributed by atoms with Crippen molar-refractivity contribution in [3.63, 3.8) is 0 Å². The topological polar surface area (TPSA) is 38.7 Å². The van der Waals surface area contributed by atoms with Crippen molar-refractivity contribution in [2.75, 3.05) is 0 Å². The molecule has 0 aliphatic heterocycles. The van der Waals surface area contributed by atoms with Crippen LogP contribution in [0.1, 0.15) is 0 Å². The number of hydrogen-bond donors (Lipinski definition) is 0. The summed E-state index contributed by atoms with van der Waals surface area (Å²) in [7, 11) is 0. The fraction of sp³-hybridized carbons (Fsp3) is 0. The quantitative estimate of drug-likeness (QED) is 0.220. The summed E-state index contributed by atoms with van der Waals surface area (Å²) < 4.78 is 3.71. The lowest BCUT2D eigenvalue weighted by Crippen LogP contribution is -1.96. The van der Waals surface area contributed by atoms with Crippen LogP contribution in [0.4, 0.5) is 0 Å². The first kappa shape index (κ1) is 23.2. The van der Waals surface area contributed by atoms with Crippen LogP contribution in [0.3, 0.4) is 0 Å². The number of benzene rings is 5. The van der Waals surface area contributed by atoms with Gasteiger partial charge in [0.15, 0.2) is 5.82 Å². The average Bonchev–Trinajstić information content (AvgIpc) is 3.63. The highest BCUT2D eigenvalue weighted by molar-refractivity contribution is 7.26. The molecule has 0 bridgehead atoms. The SMILES string of the molecule is c1ccc(-c2cc(-c3cccc4sc5cc(-c6nc7ccccc7s6)ccc5c34)nc(-c3ccccc3)n2)cc1. The van der Waals surface area contributed by atoms with Crippen LogP contribution in [0.25, 0.3) is 74.9 Å². The molecule has 0 N–H and O–H groups in total. The predicted octanol–water partition coefficient (Wildman–Crippen LogP) is 10.1. The van der Waals surface area contributed by atoms with Crippen molar-refractivity contribution in [2.24, 2.45) is 0 Å². The van der Waals surface area contributed by atoms with Gasteiger partial charge in [-0.2, -0.15) is 0 Å². The first-order chi connectivity index (χ1) is 19.8. The first-order valence-electron chi connectivity index (χ1n) is 13.1. The number of para-hydroxylation sites is 1. The molecular weight excluding hydrogens is 527 g/mol. The molecule has 0 fully saturated rings. The van der Waals surface area contributed by atoms with Gasteiger partial charge in [-0.05, 0) is 30.3 Å². The van der Waals surface area contributed by atoms with Crippen LogP contribution in [0.5, 0.6) is 0 Å². The van der Waals surface area contributed by atoms with Gasteiger partial charge >= 0.3 is 0 Å². The third-order valence-electron chi connectivity index (χ3n) is 7.14. The highest BCUT2D eigenvalue weighted by Crippen LogP contribution is 2.42. The van der Waals surface area contributed by atoms with Crippen molar-refractivity contribution in [1.82, 2.24) is 15.0 Å². The standard InChI is InChI=1S/C35H21N3S2/c1-3-10-22(11-4-1)28-21-29(37-34(36-28)23-12-5-2-6-13-23)25-14-9-17-31-33(25)26-19-18-24(20-32(26)39-31)35-38-27-15-7-8-16-30(27)40-35/h1-21H. The van der Waals surface area contributed by atoms with E-state index >= 15 is 0 Å². The molecule has 8 aromatic rings. The van der Waals surface area contributed by atoms with Crippen molar-refractivity contribution < 1.29 is 0 Å². The smallest absolute Gasteiger partial charge is 0.160 e. The van der Waals surface area contributed by atoms with Crippen molar-refractivity contribution in [3.8, 4) is 44.5 Å². The van der Waals surface area contributed by atoms with Gasteiger partial charge in [0.2, 0.25) is 0 Å². The third-order valence-corrected chi connectivity index (χ3v) is 9.34. The number of hydrogen-bond acceptors (Lipinski definition) is 5. The maximum Gasteiger partial charge on any atom is 0.160 e. The number of thiazole rings is 1. The van der Waals surface area contributed by atoms with Crippen LogP contribution in [0.2, 0.25) is 0 Å². The van der Waals surface area contributed by atoms with Gasteiger partial charge in [-0.25, -0.2) is 15.0 Å². The summed E-state index contributed by atoms with van der Waals surface area (Å²) in [5, 5.41) is 3.52. The molecule has 3 heterocycles.